The number of hydrogen-bond donors (Lipinski definition) is 2. The number of hydrazine groups is 1. The molecule has 0 aliphatic heterocycles. The molecule has 0 radical (unpaired) electrons. The predicted octanol–water partition coefficient (Wildman–Crippen LogP) is 4.09. The van der Waals surface area contributed by atoms with Crippen LogP contribution in [0.4, 0.5) is 4.39 Å². The summed E-state index contributed by atoms with van der Waals surface area (Å²) in [5, 5.41) is 5.42. The van der Waals surface area contributed by atoms with Crippen LogP contribution in [0.5, 0.6) is 5.75 Å². The van der Waals surface area contributed by atoms with Crippen molar-refractivity contribution in [1.29, 1.82) is 0 Å². The van der Waals surface area contributed by atoms with Crippen LogP contribution in [-0.2, 0) is 16.0 Å². The zero-order chi connectivity index (χ0) is 23.4. The summed E-state index contributed by atoms with van der Waals surface area (Å²) in [6.07, 6.45) is -0.907. The van der Waals surface area contributed by atoms with E-state index in [2.05, 4.69) is 16.0 Å². The number of aromatic nitrogens is 2. The molecule has 0 aliphatic carbocycles. The summed E-state index contributed by atoms with van der Waals surface area (Å²) < 4.78 is 20.0. The number of aryl methyl sites for hydroxylation is 1. The van der Waals surface area contributed by atoms with Crippen LogP contribution >= 0.6 is 23.2 Å². The molecule has 0 bridgehead atoms. The molecule has 0 saturated heterocycles. The van der Waals surface area contributed by atoms with Crippen LogP contribution in [0.2, 0.25) is 10.0 Å². The van der Waals surface area contributed by atoms with E-state index < -0.39 is 23.7 Å². The molecule has 2 N–H and O–H groups in total. The van der Waals surface area contributed by atoms with Gasteiger partial charge in [-0.2, -0.15) is 5.10 Å². The Balaban J connectivity index is 1.60. The maximum atomic E-state index is 13.0. The number of benzene rings is 2. The van der Waals surface area contributed by atoms with Gasteiger partial charge in [-0.25, -0.2) is 9.07 Å². The van der Waals surface area contributed by atoms with Crippen molar-refractivity contribution < 1.29 is 18.7 Å². The summed E-state index contributed by atoms with van der Waals surface area (Å²) in [7, 11) is 0. The van der Waals surface area contributed by atoms with E-state index in [0.29, 0.717) is 32.7 Å². The minimum Gasteiger partial charge on any atom is -0.481 e. The average Bonchev–Trinajstić information content (AvgIpc) is 3.01. The molecule has 1 heterocycles. The van der Waals surface area contributed by atoms with Crippen molar-refractivity contribution in [1.82, 2.24) is 20.6 Å². The Morgan fingerprint density at radius 2 is 1.81 bits per heavy atom. The van der Waals surface area contributed by atoms with Gasteiger partial charge in [-0.3, -0.25) is 20.4 Å². The van der Waals surface area contributed by atoms with Crippen LogP contribution in [-0.4, -0.2) is 27.7 Å². The van der Waals surface area contributed by atoms with E-state index >= 15 is 0 Å². The van der Waals surface area contributed by atoms with Crippen LogP contribution < -0.4 is 15.6 Å². The fourth-order valence-corrected chi connectivity index (χ4v) is 3.52. The summed E-state index contributed by atoms with van der Waals surface area (Å²) in [5.74, 6) is -1.06. The van der Waals surface area contributed by atoms with Crippen molar-refractivity contribution in [2.45, 2.75) is 33.3 Å². The summed E-state index contributed by atoms with van der Waals surface area (Å²) in [6, 6.07) is 10.3. The van der Waals surface area contributed by atoms with Gasteiger partial charge < -0.3 is 4.74 Å². The van der Waals surface area contributed by atoms with Gasteiger partial charge in [0.2, 0.25) is 5.91 Å². The minimum absolute atomic E-state index is 0.00362. The highest BCUT2D eigenvalue weighted by molar-refractivity contribution is 6.35. The van der Waals surface area contributed by atoms with Crippen molar-refractivity contribution in [2.24, 2.45) is 0 Å². The van der Waals surface area contributed by atoms with Gasteiger partial charge in [0, 0.05) is 16.3 Å². The quantitative estimate of drug-likeness (QED) is 0.522. The second-order valence-electron chi connectivity index (χ2n) is 7.09. The molecule has 2 aromatic carbocycles. The van der Waals surface area contributed by atoms with Gasteiger partial charge in [0.1, 0.15) is 11.6 Å². The largest absolute Gasteiger partial charge is 0.481 e. The van der Waals surface area contributed by atoms with Gasteiger partial charge in [0.25, 0.3) is 5.91 Å². The van der Waals surface area contributed by atoms with Gasteiger partial charge in [0.05, 0.1) is 22.8 Å². The van der Waals surface area contributed by atoms with Crippen LogP contribution in [0.25, 0.3) is 5.69 Å². The maximum absolute atomic E-state index is 13.0. The lowest BCUT2D eigenvalue weighted by Crippen LogP contribution is -2.47. The first-order valence-corrected chi connectivity index (χ1v) is 10.4. The molecule has 3 rings (SSSR count). The maximum Gasteiger partial charge on any atom is 0.279 e. The molecule has 10 heteroatoms. The summed E-state index contributed by atoms with van der Waals surface area (Å²) in [5.41, 5.74) is 7.44. The molecule has 168 valence electrons. The van der Waals surface area contributed by atoms with Crippen LogP contribution in [0.1, 0.15) is 23.9 Å². The standard InChI is InChI=1S/C22H21Cl2FN4O3/c1-12-18(13(2)29(28-12)20-9-4-15(23)10-19(20)24)11-21(30)26-27-22(31)14(3)32-17-7-5-16(25)6-8-17/h4-10,14H,11H2,1-3H3,(H,26,30)(H,27,31). The minimum atomic E-state index is -0.904. The molecule has 7 nitrogen and oxygen atoms in total. The molecule has 1 atom stereocenters. The van der Waals surface area contributed by atoms with Crippen LogP contribution in [0.15, 0.2) is 42.5 Å². The third kappa shape index (κ3) is 5.57. The molecule has 0 spiro atoms. The van der Waals surface area contributed by atoms with Crippen molar-refractivity contribution in [3.63, 3.8) is 0 Å². The second kappa shape index (κ2) is 10.0. The lowest BCUT2D eigenvalue weighted by Gasteiger charge is -2.15. The fraction of sp³-hybridized carbons (Fsp3) is 0.227. The molecule has 2 amide bonds. The molecular formula is C22H21Cl2FN4O3. The number of carbonyl (C=O) groups is 2. The third-order valence-corrected chi connectivity index (χ3v) is 5.28. The van der Waals surface area contributed by atoms with Gasteiger partial charge in [-0.1, -0.05) is 23.2 Å². The topological polar surface area (TPSA) is 85.3 Å². The van der Waals surface area contributed by atoms with E-state index in [1.54, 1.807) is 29.8 Å². The predicted molar refractivity (Wildman–Crippen MR) is 120 cm³/mol. The monoisotopic (exact) mass is 478 g/mol. The first-order valence-electron chi connectivity index (χ1n) is 9.67. The van der Waals surface area contributed by atoms with Crippen LogP contribution in [0.3, 0.4) is 0 Å². The zero-order valence-corrected chi connectivity index (χ0v) is 19.1. The number of halogens is 3. The van der Waals surface area contributed by atoms with Crippen LogP contribution in [0, 0.1) is 19.7 Å². The lowest BCUT2D eigenvalue weighted by atomic mass is 10.1. The van der Waals surface area contributed by atoms with E-state index in [1.165, 1.54) is 31.2 Å². The van der Waals surface area contributed by atoms with Crippen molar-refractivity contribution >= 4 is 35.0 Å². The smallest absolute Gasteiger partial charge is 0.279 e. The Labute approximate surface area is 194 Å². The first kappa shape index (κ1) is 23.6. The summed E-state index contributed by atoms with van der Waals surface area (Å²) >= 11 is 12.2. The Hall–Kier alpha value is -3.10. The summed E-state index contributed by atoms with van der Waals surface area (Å²) in [4.78, 5) is 24.6. The van der Waals surface area contributed by atoms with E-state index in [1.807, 2.05) is 6.92 Å². The number of ether oxygens (including phenoxy) is 1. The van der Waals surface area contributed by atoms with E-state index in [-0.39, 0.29) is 6.42 Å². The first-order chi connectivity index (χ1) is 15.2. The highest BCUT2D eigenvalue weighted by Crippen LogP contribution is 2.27. The number of carbonyl (C=O) groups excluding carboxylic acids is 2. The SMILES string of the molecule is Cc1nn(-c2ccc(Cl)cc2Cl)c(C)c1CC(=O)NNC(=O)C(C)Oc1ccc(F)cc1. The highest BCUT2D eigenvalue weighted by atomic mass is 35.5. The van der Waals surface area contributed by atoms with E-state index in [4.69, 9.17) is 27.9 Å². The molecule has 32 heavy (non-hydrogen) atoms. The number of amides is 2. The molecule has 0 saturated carbocycles. The Bertz CT molecular complexity index is 1150. The Morgan fingerprint density at radius 1 is 1.12 bits per heavy atom. The number of nitrogens with one attached hydrogen (secondary N) is 2. The normalized spacial score (nSPS) is 11.7. The highest BCUT2D eigenvalue weighted by Gasteiger charge is 2.19. The van der Waals surface area contributed by atoms with Gasteiger partial charge in [0.15, 0.2) is 6.10 Å². The fourth-order valence-electron chi connectivity index (χ4n) is 3.03. The number of nitrogens with zero attached hydrogens (tertiary/aromatic N) is 2. The van der Waals surface area contributed by atoms with Crippen molar-refractivity contribution in [2.75, 3.05) is 0 Å². The van der Waals surface area contributed by atoms with E-state index in [9.17, 15) is 14.0 Å². The average molecular weight is 479 g/mol. The molecule has 0 aliphatic rings. The van der Waals surface area contributed by atoms with Crippen molar-refractivity contribution in [3.8, 4) is 11.4 Å². The Morgan fingerprint density at radius 3 is 2.47 bits per heavy atom. The zero-order valence-electron chi connectivity index (χ0n) is 17.6. The lowest BCUT2D eigenvalue weighted by molar-refractivity contribution is -0.132. The Kier molecular flexibility index (Phi) is 7.37. The second-order valence-corrected chi connectivity index (χ2v) is 7.93. The molecule has 1 unspecified atom stereocenters. The molecule has 0 fully saturated rings. The number of hydrogen-bond acceptors (Lipinski definition) is 4. The summed E-state index contributed by atoms with van der Waals surface area (Å²) in [6.45, 7) is 5.12. The molecule has 3 aromatic rings. The third-order valence-electron chi connectivity index (χ3n) is 4.74. The van der Waals surface area contributed by atoms with Gasteiger partial charge in [-0.15, -0.1) is 0 Å². The number of rotatable bonds is 6. The van der Waals surface area contributed by atoms with E-state index in [0.717, 1.165) is 5.69 Å². The molecular weight excluding hydrogens is 458 g/mol. The van der Waals surface area contributed by atoms with Gasteiger partial charge >= 0.3 is 0 Å². The molecule has 1 aromatic heterocycles. The van der Waals surface area contributed by atoms with Gasteiger partial charge in [-0.05, 0) is 63.2 Å². The van der Waals surface area contributed by atoms with Crippen molar-refractivity contribution in [3.05, 3.63) is 75.3 Å².